The molecule has 19 heavy (non-hydrogen) atoms. The molecule has 2 nitrogen and oxygen atoms in total. The Labute approximate surface area is 109 Å². The van der Waals surface area contributed by atoms with Gasteiger partial charge in [0.15, 0.2) is 0 Å². The number of fused-ring (bicyclic) bond motifs is 1. The minimum atomic E-state index is -0.562. The number of imidazole rings is 1. The number of rotatable bonds is 2. The van der Waals surface area contributed by atoms with E-state index in [2.05, 4.69) is 6.33 Å². The van der Waals surface area contributed by atoms with E-state index in [1.165, 1.54) is 12.1 Å². The molecule has 1 aromatic heterocycles. The van der Waals surface area contributed by atoms with Crippen molar-refractivity contribution in [2.45, 2.75) is 6.54 Å². The zero-order valence-corrected chi connectivity index (χ0v) is 10.4. The molecule has 4 heteroatoms. The molecule has 2 aromatic carbocycles. The molecular formula is C15H12F2N2. The molecule has 0 atom stereocenters. The van der Waals surface area contributed by atoms with E-state index in [-0.39, 0.29) is 0 Å². The molecule has 0 bridgehead atoms. The van der Waals surface area contributed by atoms with Gasteiger partial charge < -0.3 is 9.13 Å². The normalized spacial score (nSPS) is 11.1. The monoisotopic (exact) mass is 258 g/mol. The summed E-state index contributed by atoms with van der Waals surface area (Å²) in [4.78, 5) is 0. The van der Waals surface area contributed by atoms with Crippen molar-refractivity contribution in [1.29, 1.82) is 0 Å². The molecule has 0 saturated carbocycles. The number of aromatic nitrogens is 2. The number of aryl methyl sites for hydroxylation is 1. The third-order valence-electron chi connectivity index (χ3n) is 3.15. The van der Waals surface area contributed by atoms with Crippen LogP contribution in [-0.2, 0) is 13.6 Å². The maximum absolute atomic E-state index is 13.7. The molecule has 0 spiro atoms. The first kappa shape index (κ1) is 11.8. The van der Waals surface area contributed by atoms with Crippen LogP contribution in [0.4, 0.5) is 8.78 Å². The van der Waals surface area contributed by atoms with E-state index in [1.54, 1.807) is 0 Å². The lowest BCUT2D eigenvalue weighted by atomic mass is 10.2. The summed E-state index contributed by atoms with van der Waals surface area (Å²) in [5.74, 6) is -1.10. The minimum Gasteiger partial charge on any atom is -0.347 e. The molecule has 96 valence electrons. The Hall–Kier alpha value is -2.23. The van der Waals surface area contributed by atoms with E-state index in [9.17, 15) is 8.78 Å². The highest BCUT2D eigenvalue weighted by Crippen LogP contribution is 2.12. The smallest absolute Gasteiger partial charge is 0.204 e. The van der Waals surface area contributed by atoms with E-state index in [0.29, 0.717) is 12.1 Å². The molecular weight excluding hydrogens is 246 g/mol. The highest BCUT2D eigenvalue weighted by Gasteiger charge is 2.08. The van der Waals surface area contributed by atoms with Gasteiger partial charge in [-0.25, -0.2) is 8.78 Å². The fourth-order valence-corrected chi connectivity index (χ4v) is 2.21. The van der Waals surface area contributed by atoms with Gasteiger partial charge in [-0.15, -0.1) is 0 Å². The predicted octanol–water partition coefficient (Wildman–Crippen LogP) is 2.59. The lowest BCUT2D eigenvalue weighted by molar-refractivity contribution is -0.667. The van der Waals surface area contributed by atoms with E-state index in [0.717, 1.165) is 17.1 Å². The first-order valence-corrected chi connectivity index (χ1v) is 5.95. The van der Waals surface area contributed by atoms with Gasteiger partial charge in [-0.2, -0.15) is 0 Å². The summed E-state index contributed by atoms with van der Waals surface area (Å²) in [6.07, 6.45) is 3.12. The Balaban J connectivity index is 2.06. The largest absolute Gasteiger partial charge is 0.347 e. The molecule has 0 unspecified atom stereocenters. The number of halogens is 2. The molecule has 0 amide bonds. The topological polar surface area (TPSA) is 8.81 Å². The number of nitrogens with zero attached hydrogens (tertiary/aromatic N) is 2. The van der Waals surface area contributed by atoms with Crippen LogP contribution in [-0.4, -0.2) is 4.57 Å². The van der Waals surface area contributed by atoms with Crippen LogP contribution < -0.4 is 4.57 Å². The van der Waals surface area contributed by atoms with Gasteiger partial charge in [0.2, 0.25) is 6.33 Å². The van der Waals surface area contributed by atoms with E-state index < -0.39 is 11.6 Å². The summed E-state index contributed by atoms with van der Waals surface area (Å²) in [5.41, 5.74) is 2.43. The quantitative estimate of drug-likeness (QED) is 0.493. The van der Waals surface area contributed by atoms with E-state index in [4.69, 9.17) is 0 Å². The van der Waals surface area contributed by atoms with Crippen molar-refractivity contribution in [1.82, 2.24) is 4.57 Å². The number of benzene rings is 2. The highest BCUT2D eigenvalue weighted by atomic mass is 19.1. The third kappa shape index (κ3) is 2.10. The lowest BCUT2D eigenvalue weighted by Gasteiger charge is -2.05. The van der Waals surface area contributed by atoms with E-state index >= 15 is 0 Å². The standard InChI is InChI=1S/C15H12F2N2/c1-18-10-19(15-5-3-2-4-14(15)18)9-11-6-7-12(16)8-13(11)17/h2-8H,9H2,1H3. The molecule has 0 saturated heterocycles. The van der Waals surface area contributed by atoms with Crippen LogP contribution >= 0.6 is 0 Å². The summed E-state index contributed by atoms with van der Waals surface area (Å²) < 4.78 is 30.2. The molecule has 0 aliphatic carbocycles. The van der Waals surface area contributed by atoms with Crippen molar-refractivity contribution in [3.05, 3.63) is 66.0 Å². The number of hydrogen-bond acceptors (Lipinski definition) is 0. The average molecular weight is 258 g/mol. The lowest BCUT2D eigenvalue weighted by Crippen LogP contribution is -2.33. The summed E-state index contributed by atoms with van der Waals surface area (Å²) >= 11 is 0. The highest BCUT2D eigenvalue weighted by molar-refractivity contribution is 5.71. The Morgan fingerprint density at radius 3 is 2.74 bits per heavy atom. The van der Waals surface area contributed by atoms with Crippen molar-refractivity contribution in [2.75, 3.05) is 0 Å². The fourth-order valence-electron chi connectivity index (χ4n) is 2.21. The Morgan fingerprint density at radius 1 is 1.16 bits per heavy atom. The Bertz CT molecular complexity index is 747. The molecule has 3 aromatic rings. The Morgan fingerprint density at radius 2 is 1.95 bits per heavy atom. The summed E-state index contributed by atoms with van der Waals surface area (Å²) in [7, 11) is 1.89. The second-order valence-corrected chi connectivity index (χ2v) is 4.47. The van der Waals surface area contributed by atoms with Crippen molar-refractivity contribution < 1.29 is 13.3 Å². The van der Waals surface area contributed by atoms with Crippen LogP contribution in [0.2, 0.25) is 0 Å². The van der Waals surface area contributed by atoms with Crippen LogP contribution in [0.15, 0.2) is 42.5 Å². The molecule has 0 N–H and O–H groups in total. The van der Waals surface area contributed by atoms with Crippen molar-refractivity contribution in [3.8, 4) is 0 Å². The number of para-hydroxylation sites is 2. The average Bonchev–Trinajstić information content (AvgIpc) is 2.71. The van der Waals surface area contributed by atoms with Crippen LogP contribution in [0.5, 0.6) is 0 Å². The van der Waals surface area contributed by atoms with Crippen LogP contribution in [0.25, 0.3) is 11.0 Å². The summed E-state index contributed by atoms with van der Waals surface area (Å²) in [6, 6.07) is 11.4. The van der Waals surface area contributed by atoms with Gasteiger partial charge >= 0.3 is 0 Å². The number of hydrogen-bond donors (Lipinski definition) is 0. The zero-order valence-electron chi connectivity index (χ0n) is 10.4. The Kier molecular flexibility index (Phi) is 2.78. The summed E-state index contributed by atoms with van der Waals surface area (Å²) in [6.45, 7) is 0.327. The minimum absolute atomic E-state index is 0.327. The van der Waals surface area contributed by atoms with Gasteiger partial charge in [0.1, 0.15) is 11.6 Å². The molecule has 0 aliphatic heterocycles. The maximum Gasteiger partial charge on any atom is 0.204 e. The van der Waals surface area contributed by atoms with Gasteiger partial charge in [0.25, 0.3) is 0 Å². The maximum atomic E-state index is 13.7. The predicted molar refractivity (Wildman–Crippen MR) is 67.4 cm³/mol. The van der Waals surface area contributed by atoms with Crippen molar-refractivity contribution in [2.24, 2.45) is 7.05 Å². The third-order valence-corrected chi connectivity index (χ3v) is 3.15. The first-order valence-electron chi connectivity index (χ1n) is 5.95. The summed E-state index contributed by atoms with van der Waals surface area (Å²) in [5, 5.41) is 0. The molecule has 1 heterocycles. The second kappa shape index (κ2) is 4.46. The second-order valence-electron chi connectivity index (χ2n) is 4.47. The van der Waals surface area contributed by atoms with Crippen molar-refractivity contribution >= 4 is 11.0 Å². The molecule has 0 aliphatic rings. The molecule has 0 radical (unpaired) electrons. The van der Waals surface area contributed by atoms with Gasteiger partial charge in [-0.05, 0) is 12.1 Å². The SMILES string of the molecule is Cn1[c-][n+](Cc2ccc(F)cc2F)c2ccccc21. The fraction of sp³-hybridized carbons (Fsp3) is 0.133. The van der Waals surface area contributed by atoms with Crippen molar-refractivity contribution in [3.63, 3.8) is 0 Å². The first-order chi connectivity index (χ1) is 9.15. The van der Waals surface area contributed by atoms with Gasteiger partial charge in [0, 0.05) is 22.7 Å². The zero-order chi connectivity index (χ0) is 13.4. The van der Waals surface area contributed by atoms with Crippen LogP contribution in [0.3, 0.4) is 0 Å². The van der Waals surface area contributed by atoms with Gasteiger partial charge in [-0.3, -0.25) is 0 Å². The van der Waals surface area contributed by atoms with Gasteiger partial charge in [0.05, 0.1) is 13.6 Å². The van der Waals surface area contributed by atoms with Gasteiger partial charge in [-0.1, -0.05) is 24.3 Å². The van der Waals surface area contributed by atoms with E-state index in [1.807, 2.05) is 40.4 Å². The molecule has 0 fully saturated rings. The van der Waals surface area contributed by atoms with Crippen LogP contribution in [0.1, 0.15) is 5.56 Å². The molecule has 3 rings (SSSR count). The van der Waals surface area contributed by atoms with Crippen LogP contribution in [0, 0.1) is 18.0 Å².